The van der Waals surface area contributed by atoms with Crippen molar-refractivity contribution in [2.24, 2.45) is 40.4 Å². The van der Waals surface area contributed by atoms with Crippen LogP contribution in [0.25, 0.3) is 0 Å². The molecule has 1 spiro atoms. The Bertz CT molecular complexity index is 682. The number of fused-ring (bicyclic) bond motifs is 1. The Kier molecular flexibility index (Phi) is 5.42. The van der Waals surface area contributed by atoms with E-state index >= 15 is 4.39 Å². The third-order valence-corrected chi connectivity index (χ3v) is 11.5. The van der Waals surface area contributed by atoms with Crippen molar-refractivity contribution in [1.29, 1.82) is 0 Å². The first-order chi connectivity index (χ1) is 14.5. The molecule has 1 N–H and O–H groups in total. The van der Waals surface area contributed by atoms with Gasteiger partial charge in [0, 0.05) is 12.8 Å². The van der Waals surface area contributed by atoms with Crippen LogP contribution in [-0.4, -0.2) is 28.6 Å². The van der Waals surface area contributed by atoms with Gasteiger partial charge >= 0.3 is 0 Å². The van der Waals surface area contributed by atoms with E-state index in [1.807, 2.05) is 6.92 Å². The van der Waals surface area contributed by atoms with Crippen LogP contribution in [0.4, 0.5) is 4.39 Å². The van der Waals surface area contributed by atoms with E-state index in [4.69, 9.17) is 4.74 Å². The van der Waals surface area contributed by atoms with Gasteiger partial charge in [0.05, 0.1) is 17.8 Å². The number of hydrogen-bond donors (Lipinski definition) is 1. The maximum Gasteiger partial charge on any atom is 0.111 e. The van der Waals surface area contributed by atoms with Gasteiger partial charge in [-0.05, 0) is 98.7 Å². The van der Waals surface area contributed by atoms with E-state index in [2.05, 4.69) is 27.7 Å². The molecule has 6 rings (SSSR count). The minimum Gasteiger partial charge on any atom is -0.393 e. The summed E-state index contributed by atoms with van der Waals surface area (Å²) in [6.45, 7) is 11.4. The van der Waals surface area contributed by atoms with E-state index in [0.717, 1.165) is 51.4 Å². The van der Waals surface area contributed by atoms with Gasteiger partial charge in [0.15, 0.2) is 0 Å². The Labute approximate surface area is 190 Å². The average molecular weight is 435 g/mol. The number of alkyl halides is 1. The number of ether oxygens (including phenoxy) is 1. The highest BCUT2D eigenvalue weighted by atomic mass is 19.1. The zero-order chi connectivity index (χ0) is 22.2. The number of aliphatic hydroxyl groups excluding tert-OH is 1. The van der Waals surface area contributed by atoms with Gasteiger partial charge in [-0.2, -0.15) is 0 Å². The molecular formula is C28H47FO2. The third kappa shape index (κ3) is 3.29. The fourth-order valence-electron chi connectivity index (χ4n) is 9.97. The molecule has 6 aliphatic rings. The Hall–Kier alpha value is -0.150. The van der Waals surface area contributed by atoms with Gasteiger partial charge in [-0.3, -0.25) is 0 Å². The van der Waals surface area contributed by atoms with Crippen LogP contribution in [-0.2, 0) is 4.74 Å². The molecule has 2 nitrogen and oxygen atoms in total. The lowest BCUT2D eigenvalue weighted by Gasteiger charge is -2.62. The number of rotatable bonds is 5. The van der Waals surface area contributed by atoms with Crippen molar-refractivity contribution in [3.63, 3.8) is 0 Å². The quantitative estimate of drug-likeness (QED) is 0.501. The molecule has 4 saturated carbocycles. The molecule has 0 aromatic heterocycles. The molecule has 0 aromatic rings. The van der Waals surface area contributed by atoms with Gasteiger partial charge in [0.2, 0.25) is 0 Å². The molecule has 6 fully saturated rings. The normalized spacial score (nSPS) is 53.0. The molecule has 10 atom stereocenters. The summed E-state index contributed by atoms with van der Waals surface area (Å²) >= 11 is 0. The fourth-order valence-corrected chi connectivity index (χ4v) is 9.97. The highest BCUT2D eigenvalue weighted by Gasteiger charge is 2.70. The number of aliphatic hydroxyl groups is 1. The van der Waals surface area contributed by atoms with Crippen LogP contribution in [0.5, 0.6) is 0 Å². The average Bonchev–Trinajstić information content (AvgIpc) is 2.91. The molecule has 2 aliphatic heterocycles. The summed E-state index contributed by atoms with van der Waals surface area (Å²) in [4.78, 5) is 0. The molecule has 2 heterocycles. The van der Waals surface area contributed by atoms with E-state index in [-0.39, 0.29) is 28.5 Å². The minimum absolute atomic E-state index is 0.0774. The molecular weight excluding hydrogens is 387 g/mol. The van der Waals surface area contributed by atoms with Crippen molar-refractivity contribution in [1.82, 2.24) is 0 Å². The van der Waals surface area contributed by atoms with Gasteiger partial charge < -0.3 is 9.84 Å². The Balaban J connectivity index is 1.38. The summed E-state index contributed by atoms with van der Waals surface area (Å²) in [6.07, 6.45) is 13.0. The summed E-state index contributed by atoms with van der Waals surface area (Å²) in [5, 5.41) is 10.4. The second-order valence-electron chi connectivity index (χ2n) is 13.6. The molecule has 0 aromatic carbocycles. The third-order valence-electron chi connectivity index (χ3n) is 11.5. The Morgan fingerprint density at radius 3 is 2.52 bits per heavy atom. The molecule has 2 saturated heterocycles. The summed E-state index contributed by atoms with van der Waals surface area (Å²) < 4.78 is 22.9. The zero-order valence-corrected chi connectivity index (χ0v) is 20.8. The maximum absolute atomic E-state index is 16.2. The number of hydrogen-bond acceptors (Lipinski definition) is 2. The Morgan fingerprint density at radius 2 is 1.81 bits per heavy atom. The first kappa shape index (κ1) is 22.6. The second-order valence-corrected chi connectivity index (χ2v) is 13.6. The monoisotopic (exact) mass is 434 g/mol. The summed E-state index contributed by atoms with van der Waals surface area (Å²) in [5.74, 6) is 2.91. The molecule has 6 unspecified atom stereocenters. The predicted octanol–water partition coefficient (Wildman–Crippen LogP) is 7.08. The van der Waals surface area contributed by atoms with Crippen LogP contribution in [0.3, 0.4) is 0 Å². The summed E-state index contributed by atoms with van der Waals surface area (Å²) in [5.41, 5.74) is -0.769. The van der Waals surface area contributed by atoms with Gasteiger partial charge in [0.25, 0.3) is 0 Å². The van der Waals surface area contributed by atoms with Crippen molar-refractivity contribution < 1.29 is 14.2 Å². The topological polar surface area (TPSA) is 29.5 Å². The lowest BCUT2D eigenvalue weighted by atomic mass is 9.47. The van der Waals surface area contributed by atoms with Crippen LogP contribution in [0, 0.1) is 40.4 Å². The molecule has 2 bridgehead atoms. The largest absolute Gasteiger partial charge is 0.393 e. The first-order valence-electron chi connectivity index (χ1n) is 13.6. The van der Waals surface area contributed by atoms with Crippen molar-refractivity contribution in [2.45, 2.75) is 135 Å². The van der Waals surface area contributed by atoms with Crippen LogP contribution in [0.15, 0.2) is 0 Å². The van der Waals surface area contributed by atoms with Crippen molar-refractivity contribution in [3.8, 4) is 0 Å². The van der Waals surface area contributed by atoms with Gasteiger partial charge in [-0.1, -0.05) is 40.5 Å². The molecule has 31 heavy (non-hydrogen) atoms. The molecule has 0 radical (unpaired) electrons. The second kappa shape index (κ2) is 7.42. The highest BCUT2D eigenvalue weighted by Crippen LogP contribution is 2.71. The SMILES string of the molecule is CC(C)CCCC(C)(F)C1CCC2C3C[C@@H]4CC5(C[C@@H](O)CC[C@]5(C)C3CC[C@@]21C)O4. The van der Waals surface area contributed by atoms with Crippen molar-refractivity contribution >= 4 is 0 Å². The lowest BCUT2D eigenvalue weighted by Crippen LogP contribution is -2.64. The van der Waals surface area contributed by atoms with E-state index in [1.165, 1.54) is 25.7 Å². The van der Waals surface area contributed by atoms with E-state index in [0.29, 0.717) is 29.8 Å². The fraction of sp³-hybridized carbons (Fsp3) is 1.00. The van der Waals surface area contributed by atoms with Gasteiger partial charge in [-0.15, -0.1) is 0 Å². The maximum atomic E-state index is 16.2. The van der Waals surface area contributed by atoms with E-state index in [1.54, 1.807) is 0 Å². The number of halogens is 1. The highest BCUT2D eigenvalue weighted by molar-refractivity contribution is 5.18. The lowest BCUT2D eigenvalue weighted by molar-refractivity contribution is -0.286. The van der Waals surface area contributed by atoms with Crippen LogP contribution in [0.1, 0.15) is 112 Å². The van der Waals surface area contributed by atoms with E-state index < -0.39 is 5.67 Å². The molecule has 3 heteroatoms. The summed E-state index contributed by atoms with van der Waals surface area (Å²) in [7, 11) is 0. The first-order valence-corrected chi connectivity index (χ1v) is 13.6. The van der Waals surface area contributed by atoms with Gasteiger partial charge in [0.1, 0.15) is 5.67 Å². The van der Waals surface area contributed by atoms with Crippen LogP contribution >= 0.6 is 0 Å². The predicted molar refractivity (Wildman–Crippen MR) is 124 cm³/mol. The van der Waals surface area contributed by atoms with Crippen molar-refractivity contribution in [3.05, 3.63) is 0 Å². The molecule has 4 aliphatic carbocycles. The van der Waals surface area contributed by atoms with Crippen LogP contribution in [0.2, 0.25) is 0 Å². The van der Waals surface area contributed by atoms with Crippen molar-refractivity contribution in [2.75, 3.05) is 0 Å². The zero-order valence-electron chi connectivity index (χ0n) is 20.8. The smallest absolute Gasteiger partial charge is 0.111 e. The molecule has 0 amide bonds. The standard InChI is InChI=1S/C28H47FO2/c1-18(2)7-6-12-27(5,29)24-9-8-22-21-15-20-17-28(31-20)16-19(30)10-14-26(28,4)23(21)11-13-25(22,24)3/h18-24,30H,6-17H2,1-5H3/t19-,20+,21?,22?,23?,24?,25-,26+,27?,28?/m0/s1. The van der Waals surface area contributed by atoms with Crippen LogP contribution < -0.4 is 0 Å². The minimum atomic E-state index is -1.03. The van der Waals surface area contributed by atoms with E-state index in [9.17, 15) is 5.11 Å². The van der Waals surface area contributed by atoms with Gasteiger partial charge in [-0.25, -0.2) is 4.39 Å². The summed E-state index contributed by atoms with van der Waals surface area (Å²) in [6, 6.07) is 0. The molecule has 178 valence electrons. The Morgan fingerprint density at radius 1 is 1.06 bits per heavy atom.